The van der Waals surface area contributed by atoms with E-state index in [1.165, 1.54) is 0 Å². The van der Waals surface area contributed by atoms with Crippen LogP contribution in [0.3, 0.4) is 0 Å². The van der Waals surface area contributed by atoms with Crippen LogP contribution in [0.25, 0.3) is 0 Å². The van der Waals surface area contributed by atoms with Crippen LogP contribution in [-0.4, -0.2) is 14.8 Å². The van der Waals surface area contributed by atoms with Gasteiger partial charge in [0.1, 0.15) is 0 Å². The standard InChI is InChI=1S/C7H11N3S/c1-5-3-6(2)10(9-5)4-7(8)11/h3H,4H2,1-2H3,(H2,8,11). The van der Waals surface area contributed by atoms with Crippen LogP contribution in [-0.2, 0) is 6.54 Å². The largest absolute Gasteiger partial charge is 0.392 e. The second kappa shape index (κ2) is 3.00. The van der Waals surface area contributed by atoms with E-state index in [2.05, 4.69) is 5.10 Å². The third-order valence-electron chi connectivity index (χ3n) is 1.41. The lowest BCUT2D eigenvalue weighted by Gasteiger charge is -2.00. The molecule has 0 radical (unpaired) electrons. The van der Waals surface area contributed by atoms with E-state index in [4.69, 9.17) is 18.0 Å². The first kappa shape index (κ1) is 8.20. The Morgan fingerprint density at radius 2 is 2.36 bits per heavy atom. The van der Waals surface area contributed by atoms with Crippen LogP contribution < -0.4 is 5.73 Å². The minimum Gasteiger partial charge on any atom is -0.392 e. The van der Waals surface area contributed by atoms with E-state index < -0.39 is 0 Å². The number of nitrogens with zero attached hydrogens (tertiary/aromatic N) is 2. The van der Waals surface area contributed by atoms with E-state index in [1.807, 2.05) is 19.9 Å². The average molecular weight is 169 g/mol. The first-order valence-electron chi connectivity index (χ1n) is 3.39. The van der Waals surface area contributed by atoms with Crippen molar-refractivity contribution in [3.63, 3.8) is 0 Å². The van der Waals surface area contributed by atoms with Gasteiger partial charge in [0, 0.05) is 5.69 Å². The van der Waals surface area contributed by atoms with Crippen LogP contribution in [0.4, 0.5) is 0 Å². The quantitative estimate of drug-likeness (QED) is 0.665. The second-order valence-corrected chi connectivity index (χ2v) is 3.08. The number of nitrogens with two attached hydrogens (primary N) is 1. The van der Waals surface area contributed by atoms with E-state index in [0.29, 0.717) is 11.5 Å². The van der Waals surface area contributed by atoms with Crippen molar-refractivity contribution in [2.24, 2.45) is 5.73 Å². The Kier molecular flexibility index (Phi) is 2.24. The lowest BCUT2D eigenvalue weighted by Crippen LogP contribution is -2.18. The van der Waals surface area contributed by atoms with Gasteiger partial charge in [-0.2, -0.15) is 5.10 Å². The SMILES string of the molecule is Cc1cc(C)n(CC(N)=S)n1. The van der Waals surface area contributed by atoms with Gasteiger partial charge in [0.25, 0.3) is 0 Å². The van der Waals surface area contributed by atoms with E-state index in [9.17, 15) is 0 Å². The minimum absolute atomic E-state index is 0.469. The molecule has 1 aromatic heterocycles. The molecule has 2 N–H and O–H groups in total. The molecule has 0 unspecified atom stereocenters. The van der Waals surface area contributed by atoms with Crippen LogP contribution in [0.2, 0.25) is 0 Å². The first-order chi connectivity index (χ1) is 5.09. The van der Waals surface area contributed by atoms with Crippen molar-refractivity contribution in [2.45, 2.75) is 20.4 Å². The van der Waals surface area contributed by atoms with Gasteiger partial charge in [-0.3, -0.25) is 4.68 Å². The van der Waals surface area contributed by atoms with Crippen molar-refractivity contribution < 1.29 is 0 Å². The van der Waals surface area contributed by atoms with Crippen LogP contribution in [0, 0.1) is 13.8 Å². The Labute approximate surface area is 71.2 Å². The number of rotatable bonds is 2. The summed E-state index contributed by atoms with van der Waals surface area (Å²) in [5.74, 6) is 0. The van der Waals surface area contributed by atoms with Crippen molar-refractivity contribution in [3.8, 4) is 0 Å². The number of thiocarbonyl (C=S) groups is 1. The minimum atomic E-state index is 0.469. The number of aryl methyl sites for hydroxylation is 2. The molecule has 0 aliphatic rings. The molecule has 0 amide bonds. The lowest BCUT2D eigenvalue weighted by molar-refractivity contribution is 0.694. The molecule has 0 saturated heterocycles. The Hall–Kier alpha value is -0.900. The molecule has 0 saturated carbocycles. The fourth-order valence-corrected chi connectivity index (χ4v) is 1.10. The van der Waals surface area contributed by atoms with Gasteiger partial charge in [-0.1, -0.05) is 12.2 Å². The highest BCUT2D eigenvalue weighted by molar-refractivity contribution is 7.80. The van der Waals surface area contributed by atoms with Crippen LogP contribution >= 0.6 is 12.2 Å². The van der Waals surface area contributed by atoms with E-state index in [1.54, 1.807) is 4.68 Å². The maximum atomic E-state index is 5.37. The van der Waals surface area contributed by atoms with E-state index >= 15 is 0 Å². The summed E-state index contributed by atoms with van der Waals surface area (Å²) < 4.78 is 1.80. The topological polar surface area (TPSA) is 43.8 Å². The molecular formula is C7H11N3S. The maximum Gasteiger partial charge on any atom is 0.0946 e. The van der Waals surface area contributed by atoms with Crippen LogP contribution in [0.1, 0.15) is 11.4 Å². The zero-order chi connectivity index (χ0) is 8.43. The van der Waals surface area contributed by atoms with Crippen molar-refractivity contribution in [1.82, 2.24) is 9.78 Å². The molecular weight excluding hydrogens is 158 g/mol. The lowest BCUT2D eigenvalue weighted by atomic mass is 10.4. The zero-order valence-corrected chi connectivity index (χ0v) is 7.48. The Balaban J connectivity index is 2.85. The molecule has 1 rings (SSSR count). The van der Waals surface area contributed by atoms with Crippen molar-refractivity contribution in [2.75, 3.05) is 0 Å². The molecule has 3 nitrogen and oxygen atoms in total. The molecule has 1 heterocycles. The average Bonchev–Trinajstić information content (AvgIpc) is 2.09. The molecule has 0 aliphatic carbocycles. The highest BCUT2D eigenvalue weighted by atomic mass is 32.1. The highest BCUT2D eigenvalue weighted by Crippen LogP contribution is 2.00. The second-order valence-electron chi connectivity index (χ2n) is 2.55. The van der Waals surface area contributed by atoms with Crippen LogP contribution in [0.15, 0.2) is 6.07 Å². The fraction of sp³-hybridized carbons (Fsp3) is 0.429. The molecule has 0 aliphatic heterocycles. The van der Waals surface area contributed by atoms with Gasteiger partial charge in [-0.15, -0.1) is 0 Å². The highest BCUT2D eigenvalue weighted by Gasteiger charge is 2.00. The van der Waals surface area contributed by atoms with Crippen LogP contribution in [0.5, 0.6) is 0 Å². The summed E-state index contributed by atoms with van der Waals surface area (Å²) in [5, 5.41) is 4.20. The summed E-state index contributed by atoms with van der Waals surface area (Å²) in [6, 6.07) is 2.00. The summed E-state index contributed by atoms with van der Waals surface area (Å²) in [7, 11) is 0. The van der Waals surface area contributed by atoms with Gasteiger partial charge < -0.3 is 5.73 Å². The third-order valence-corrected chi connectivity index (χ3v) is 1.54. The van der Waals surface area contributed by atoms with Gasteiger partial charge in [-0.25, -0.2) is 0 Å². The van der Waals surface area contributed by atoms with Gasteiger partial charge >= 0.3 is 0 Å². The molecule has 1 aromatic rings. The number of hydrogen-bond donors (Lipinski definition) is 1. The molecule has 11 heavy (non-hydrogen) atoms. The molecule has 0 bridgehead atoms. The molecule has 60 valence electrons. The summed E-state index contributed by atoms with van der Waals surface area (Å²) >= 11 is 4.76. The van der Waals surface area contributed by atoms with Gasteiger partial charge in [-0.05, 0) is 19.9 Å². The summed E-state index contributed by atoms with van der Waals surface area (Å²) in [5.41, 5.74) is 7.46. The predicted octanol–water partition coefficient (Wildman–Crippen LogP) is 0.786. The molecule has 0 atom stereocenters. The summed E-state index contributed by atoms with van der Waals surface area (Å²) in [4.78, 5) is 0.469. The molecule has 0 spiro atoms. The Morgan fingerprint density at radius 1 is 1.73 bits per heavy atom. The Bertz CT molecular complexity index is 277. The van der Waals surface area contributed by atoms with Gasteiger partial charge in [0.2, 0.25) is 0 Å². The predicted molar refractivity (Wildman–Crippen MR) is 48.5 cm³/mol. The van der Waals surface area contributed by atoms with Crippen molar-refractivity contribution >= 4 is 17.2 Å². The van der Waals surface area contributed by atoms with Crippen molar-refractivity contribution in [1.29, 1.82) is 0 Å². The van der Waals surface area contributed by atoms with E-state index in [-0.39, 0.29) is 0 Å². The molecule has 0 fully saturated rings. The van der Waals surface area contributed by atoms with Gasteiger partial charge in [0.15, 0.2) is 0 Å². The Morgan fingerprint density at radius 3 is 2.73 bits per heavy atom. The number of aromatic nitrogens is 2. The monoisotopic (exact) mass is 169 g/mol. The molecule has 4 heteroatoms. The van der Waals surface area contributed by atoms with Crippen molar-refractivity contribution in [3.05, 3.63) is 17.5 Å². The summed E-state index contributed by atoms with van der Waals surface area (Å²) in [6.45, 7) is 4.47. The number of hydrogen-bond acceptors (Lipinski definition) is 2. The zero-order valence-electron chi connectivity index (χ0n) is 6.66. The smallest absolute Gasteiger partial charge is 0.0946 e. The maximum absolute atomic E-state index is 5.37. The fourth-order valence-electron chi connectivity index (χ4n) is 0.983. The summed E-state index contributed by atoms with van der Waals surface area (Å²) in [6.07, 6.45) is 0. The van der Waals surface area contributed by atoms with E-state index in [0.717, 1.165) is 11.4 Å². The molecule has 0 aromatic carbocycles. The third kappa shape index (κ3) is 2.01. The first-order valence-corrected chi connectivity index (χ1v) is 3.80. The van der Waals surface area contributed by atoms with Gasteiger partial charge in [0.05, 0.1) is 17.2 Å². The normalized spacial score (nSPS) is 10.0.